The van der Waals surface area contributed by atoms with Crippen molar-refractivity contribution in [1.29, 1.82) is 0 Å². The lowest BCUT2D eigenvalue weighted by Gasteiger charge is -2.15. The average molecular weight is 520 g/mol. The minimum absolute atomic E-state index is 0. The quantitative estimate of drug-likeness (QED) is 0.270. The lowest BCUT2D eigenvalue weighted by atomic mass is 10.1. The van der Waals surface area contributed by atoms with Crippen LogP contribution in [-0.4, -0.2) is 33.9 Å². The van der Waals surface area contributed by atoms with Crippen LogP contribution in [0.3, 0.4) is 0 Å². The van der Waals surface area contributed by atoms with Gasteiger partial charge in [-0.25, -0.2) is 4.98 Å². The molecule has 3 rings (SSSR count). The summed E-state index contributed by atoms with van der Waals surface area (Å²) in [4.78, 5) is 8.64. The molecule has 0 amide bonds. The van der Waals surface area contributed by atoms with Crippen molar-refractivity contribution in [3.05, 3.63) is 77.7 Å². The highest BCUT2D eigenvalue weighted by atomic mass is 127. The zero-order chi connectivity index (χ0) is 20.5. The Kier molecular flexibility index (Phi) is 9.59. The summed E-state index contributed by atoms with van der Waals surface area (Å²) in [6.45, 7) is 6.02. The predicted molar refractivity (Wildman–Crippen MR) is 130 cm³/mol. The van der Waals surface area contributed by atoms with Crippen molar-refractivity contribution in [1.82, 2.24) is 25.4 Å². The second-order valence-corrected chi connectivity index (χ2v) is 6.92. The van der Waals surface area contributed by atoms with Crippen molar-refractivity contribution < 1.29 is 4.74 Å². The molecule has 0 aliphatic heterocycles. The summed E-state index contributed by atoms with van der Waals surface area (Å²) in [6, 6.07) is 14.2. The topological polar surface area (TPSA) is 76.4 Å². The Morgan fingerprint density at radius 3 is 2.47 bits per heavy atom. The molecule has 0 fully saturated rings. The third-order valence-corrected chi connectivity index (χ3v) is 4.29. The van der Waals surface area contributed by atoms with Gasteiger partial charge in [0, 0.05) is 44.8 Å². The molecule has 0 aliphatic rings. The van der Waals surface area contributed by atoms with Crippen molar-refractivity contribution in [2.24, 2.45) is 4.99 Å². The molecule has 0 unspecified atom stereocenters. The number of guanidine groups is 1. The van der Waals surface area contributed by atoms with Crippen LogP contribution in [0.15, 0.2) is 66.0 Å². The monoisotopic (exact) mass is 520 g/mol. The zero-order valence-corrected chi connectivity index (χ0v) is 19.9. The van der Waals surface area contributed by atoms with Gasteiger partial charge in [0.15, 0.2) is 5.96 Å². The van der Waals surface area contributed by atoms with E-state index in [1.807, 2.05) is 55.2 Å². The van der Waals surface area contributed by atoms with E-state index in [9.17, 15) is 0 Å². The Morgan fingerprint density at radius 2 is 1.83 bits per heavy atom. The van der Waals surface area contributed by atoms with E-state index >= 15 is 0 Å². The maximum Gasteiger partial charge on any atom is 0.213 e. The largest absolute Gasteiger partial charge is 0.475 e. The number of halogens is 1. The number of pyridine rings is 1. The highest BCUT2D eigenvalue weighted by Gasteiger charge is 2.05. The van der Waals surface area contributed by atoms with Crippen LogP contribution in [0, 0.1) is 0 Å². The lowest BCUT2D eigenvalue weighted by Crippen LogP contribution is -2.36. The molecule has 0 bridgehead atoms. The van der Waals surface area contributed by atoms with Gasteiger partial charge < -0.3 is 15.4 Å². The third-order valence-electron chi connectivity index (χ3n) is 4.29. The first-order valence-electron chi connectivity index (χ1n) is 9.74. The van der Waals surface area contributed by atoms with E-state index < -0.39 is 0 Å². The zero-order valence-electron chi connectivity index (χ0n) is 17.6. The van der Waals surface area contributed by atoms with E-state index in [2.05, 4.69) is 43.9 Å². The summed E-state index contributed by atoms with van der Waals surface area (Å²) in [7, 11) is 1.77. The van der Waals surface area contributed by atoms with Crippen LogP contribution in [-0.2, 0) is 19.6 Å². The van der Waals surface area contributed by atoms with Gasteiger partial charge in [0.05, 0.1) is 12.6 Å². The molecule has 8 heteroatoms. The molecule has 0 radical (unpaired) electrons. The summed E-state index contributed by atoms with van der Waals surface area (Å²) in [5, 5.41) is 11.0. The molecule has 2 heterocycles. The van der Waals surface area contributed by atoms with Crippen molar-refractivity contribution in [2.45, 2.75) is 39.6 Å². The summed E-state index contributed by atoms with van der Waals surface area (Å²) in [6.07, 6.45) is 5.70. The van der Waals surface area contributed by atoms with Gasteiger partial charge in [0.1, 0.15) is 0 Å². The fourth-order valence-electron chi connectivity index (χ4n) is 2.86. The minimum atomic E-state index is 0. The highest BCUT2D eigenvalue weighted by Crippen LogP contribution is 2.11. The maximum atomic E-state index is 5.58. The number of hydrogen-bond donors (Lipinski definition) is 2. The number of aromatic nitrogens is 3. The van der Waals surface area contributed by atoms with Gasteiger partial charge in [-0.15, -0.1) is 24.0 Å². The fourth-order valence-corrected chi connectivity index (χ4v) is 2.86. The molecule has 0 aliphatic carbocycles. The first kappa shape index (κ1) is 23.7. The van der Waals surface area contributed by atoms with Crippen LogP contribution in [0.4, 0.5) is 0 Å². The van der Waals surface area contributed by atoms with Crippen molar-refractivity contribution in [3.63, 3.8) is 0 Å². The van der Waals surface area contributed by atoms with E-state index in [0.717, 1.165) is 18.1 Å². The number of ether oxygens (including phenoxy) is 1. The van der Waals surface area contributed by atoms with Gasteiger partial charge >= 0.3 is 0 Å². The molecule has 7 nitrogen and oxygen atoms in total. The predicted octanol–water partition coefficient (Wildman–Crippen LogP) is 3.60. The van der Waals surface area contributed by atoms with Crippen LogP contribution in [0.1, 0.15) is 30.5 Å². The summed E-state index contributed by atoms with van der Waals surface area (Å²) in [5.74, 6) is 1.38. The molecule has 0 saturated carbocycles. The van der Waals surface area contributed by atoms with Crippen LogP contribution in [0.25, 0.3) is 0 Å². The molecule has 0 atom stereocenters. The molecular weight excluding hydrogens is 491 g/mol. The molecule has 30 heavy (non-hydrogen) atoms. The summed E-state index contributed by atoms with van der Waals surface area (Å²) >= 11 is 0. The lowest BCUT2D eigenvalue weighted by molar-refractivity contribution is 0.232. The first-order chi connectivity index (χ1) is 14.1. The molecule has 0 spiro atoms. The van der Waals surface area contributed by atoms with Gasteiger partial charge in [-0.2, -0.15) is 5.10 Å². The molecular formula is C22H29IN6O. The Bertz CT molecular complexity index is 910. The van der Waals surface area contributed by atoms with E-state index in [4.69, 9.17) is 4.74 Å². The van der Waals surface area contributed by atoms with Gasteiger partial charge in [0.25, 0.3) is 0 Å². The molecule has 160 valence electrons. The second kappa shape index (κ2) is 12.2. The average Bonchev–Trinajstić information content (AvgIpc) is 3.23. The van der Waals surface area contributed by atoms with Crippen molar-refractivity contribution in [2.75, 3.05) is 7.05 Å². The van der Waals surface area contributed by atoms with E-state index in [-0.39, 0.29) is 30.1 Å². The Morgan fingerprint density at radius 1 is 1.07 bits per heavy atom. The molecule has 2 N–H and O–H groups in total. The van der Waals surface area contributed by atoms with Crippen LogP contribution >= 0.6 is 24.0 Å². The molecule has 0 saturated heterocycles. The van der Waals surface area contributed by atoms with Crippen molar-refractivity contribution in [3.8, 4) is 5.88 Å². The normalized spacial score (nSPS) is 11.1. The number of aliphatic imine (C=N–C) groups is 1. The minimum Gasteiger partial charge on any atom is -0.475 e. The number of hydrogen-bond acceptors (Lipinski definition) is 4. The molecule has 1 aromatic carbocycles. The van der Waals surface area contributed by atoms with Crippen LogP contribution in [0.5, 0.6) is 5.88 Å². The van der Waals surface area contributed by atoms with Crippen LogP contribution < -0.4 is 15.4 Å². The van der Waals surface area contributed by atoms with Gasteiger partial charge in [-0.05, 0) is 36.6 Å². The third kappa shape index (κ3) is 7.33. The molecule has 3 aromatic rings. The smallest absolute Gasteiger partial charge is 0.213 e. The number of nitrogens with zero attached hydrogens (tertiary/aromatic N) is 4. The highest BCUT2D eigenvalue weighted by molar-refractivity contribution is 14.0. The van der Waals surface area contributed by atoms with Gasteiger partial charge in [-0.3, -0.25) is 9.67 Å². The number of nitrogens with one attached hydrogen (secondary N) is 2. The Hall–Kier alpha value is -2.62. The Labute approximate surface area is 195 Å². The summed E-state index contributed by atoms with van der Waals surface area (Å²) < 4.78 is 7.50. The van der Waals surface area contributed by atoms with E-state index in [1.54, 1.807) is 13.2 Å². The number of benzene rings is 1. The maximum absolute atomic E-state index is 5.58. The SMILES string of the molecule is CN=C(NCc1ccc(OC(C)C)nc1)NCc1ccccc1Cn1cccn1.I. The Balaban J connectivity index is 0.00000320. The fraction of sp³-hybridized carbons (Fsp3) is 0.318. The van der Waals surface area contributed by atoms with Gasteiger partial charge in [0.2, 0.25) is 5.88 Å². The second-order valence-electron chi connectivity index (χ2n) is 6.92. The van der Waals surface area contributed by atoms with Crippen molar-refractivity contribution >= 4 is 29.9 Å². The molecule has 2 aromatic heterocycles. The van der Waals surface area contributed by atoms with Gasteiger partial charge in [-0.1, -0.05) is 30.3 Å². The number of rotatable bonds is 8. The van der Waals surface area contributed by atoms with E-state index in [1.165, 1.54) is 11.1 Å². The van der Waals surface area contributed by atoms with Crippen LogP contribution in [0.2, 0.25) is 0 Å². The first-order valence-corrected chi connectivity index (χ1v) is 9.74. The standard InChI is InChI=1S/C22H28N6O.HI/c1-17(2)29-21-10-9-18(13-24-21)14-25-22(23-3)26-15-19-7-4-5-8-20(19)16-28-12-6-11-27-28;/h4-13,17H,14-16H2,1-3H3,(H2,23,25,26);1H. The summed E-state index contributed by atoms with van der Waals surface area (Å²) in [5.41, 5.74) is 3.50. The van der Waals surface area contributed by atoms with E-state index in [0.29, 0.717) is 19.0 Å².